The van der Waals surface area contributed by atoms with Crippen molar-refractivity contribution in [2.24, 2.45) is 5.92 Å². The summed E-state index contributed by atoms with van der Waals surface area (Å²) < 4.78 is 0. The molecule has 0 radical (unpaired) electrons. The zero-order chi connectivity index (χ0) is 28.2. The van der Waals surface area contributed by atoms with E-state index in [9.17, 15) is 9.59 Å². The average molecular weight is 545 g/mol. The predicted octanol–water partition coefficient (Wildman–Crippen LogP) is 8.25. The Kier molecular flexibility index (Phi) is 7.76. The van der Waals surface area contributed by atoms with Crippen LogP contribution in [0.2, 0.25) is 26.2 Å². The summed E-state index contributed by atoms with van der Waals surface area (Å²) in [5.41, 5.74) is 9.15. The summed E-state index contributed by atoms with van der Waals surface area (Å²) in [6.45, 7) is 21.9. The molecule has 2 aromatic carbocycles. The van der Waals surface area contributed by atoms with Gasteiger partial charge in [0.15, 0.2) is 11.1 Å². The highest BCUT2D eigenvalue weighted by atomic mass is 28.4. The number of hydrogen-bond acceptors (Lipinski definition) is 2. The minimum Gasteiger partial charge on any atom is -0.408 e. The predicted molar refractivity (Wildman–Crippen MR) is 168 cm³/mol. The maximum Gasteiger partial charge on any atom is 0.254 e. The van der Waals surface area contributed by atoms with Gasteiger partial charge >= 0.3 is 0 Å². The molecule has 0 saturated carbocycles. The molecule has 1 aliphatic heterocycles. The normalized spacial score (nSPS) is 19.2. The van der Waals surface area contributed by atoms with Crippen molar-refractivity contribution in [3.8, 4) is 11.1 Å². The Labute approximate surface area is 232 Å². The Morgan fingerprint density at radius 1 is 1.05 bits per heavy atom. The van der Waals surface area contributed by atoms with Gasteiger partial charge in [0.2, 0.25) is 0 Å². The summed E-state index contributed by atoms with van der Waals surface area (Å²) in [6, 6.07) is 13.5. The summed E-state index contributed by atoms with van der Waals surface area (Å²) in [7, 11) is -4.57. The zero-order valence-corrected chi connectivity index (χ0v) is 27.0. The number of carbonyl (C=O) groups is 2. The molecular formula is C31H45BN2O2Si2. The Morgan fingerprint density at radius 3 is 2.16 bits per heavy atom. The molecule has 202 valence electrons. The van der Waals surface area contributed by atoms with Crippen molar-refractivity contribution >= 4 is 39.1 Å². The highest BCUT2D eigenvalue weighted by Crippen LogP contribution is 2.45. The molecule has 4 rings (SSSR count). The van der Waals surface area contributed by atoms with E-state index in [-0.39, 0.29) is 23.1 Å². The fourth-order valence-electron chi connectivity index (χ4n) is 6.11. The first-order valence-corrected chi connectivity index (χ1v) is 20.5. The molecule has 4 nitrogen and oxygen atoms in total. The van der Waals surface area contributed by atoms with Crippen LogP contribution in [0.1, 0.15) is 88.1 Å². The van der Waals surface area contributed by atoms with Crippen molar-refractivity contribution < 1.29 is 9.59 Å². The Morgan fingerprint density at radius 2 is 1.66 bits per heavy atom. The molecule has 0 bridgehead atoms. The standard InChI is InChI=1S/C31H45BN2O2Si2/c1-11-21(6)27-18-22-13-12-14-26(25-16-23(19(2)3)15-24(17-25)20(4)5)28(22)29(27)33-30(35)37(7,8)32-34-31(36)38(32,9)10/h12-21,29H,11H2,1-10H3,(H,33,35)(H,34,36). The van der Waals surface area contributed by atoms with Crippen LogP contribution in [0.25, 0.3) is 17.2 Å². The largest absolute Gasteiger partial charge is 0.408 e. The Hall–Kier alpha value is -2.38. The first-order chi connectivity index (χ1) is 17.7. The second kappa shape index (κ2) is 10.3. The molecule has 1 saturated heterocycles. The van der Waals surface area contributed by atoms with Gasteiger partial charge in [0.1, 0.15) is 15.9 Å². The lowest BCUT2D eigenvalue weighted by Gasteiger charge is -2.46. The molecule has 38 heavy (non-hydrogen) atoms. The van der Waals surface area contributed by atoms with E-state index in [1.54, 1.807) is 0 Å². The molecule has 2 aromatic rings. The lowest BCUT2D eigenvalue weighted by Crippen LogP contribution is -2.87. The minimum absolute atomic E-state index is 0.0611. The van der Waals surface area contributed by atoms with Gasteiger partial charge in [-0.1, -0.05) is 110 Å². The maximum absolute atomic E-state index is 14.0. The number of carbonyl (C=O) groups excluding carboxylic acids is 2. The number of fused-ring (bicyclic) bond motifs is 1. The van der Waals surface area contributed by atoms with Crippen molar-refractivity contribution in [2.75, 3.05) is 0 Å². The van der Waals surface area contributed by atoms with Gasteiger partial charge in [-0.05, 0) is 63.1 Å². The molecular weight excluding hydrogens is 499 g/mol. The molecule has 2 aliphatic rings. The first-order valence-electron chi connectivity index (χ1n) is 14.3. The number of benzene rings is 2. The zero-order valence-electron chi connectivity index (χ0n) is 25.0. The molecule has 2 atom stereocenters. The van der Waals surface area contributed by atoms with Crippen LogP contribution in [0, 0.1) is 5.92 Å². The number of rotatable bonds is 8. The second-order valence-corrected chi connectivity index (χ2v) is 22.7. The van der Waals surface area contributed by atoms with Gasteiger partial charge in [-0.25, -0.2) is 0 Å². The van der Waals surface area contributed by atoms with Crippen molar-refractivity contribution in [1.82, 2.24) is 10.5 Å². The molecule has 1 fully saturated rings. The van der Waals surface area contributed by atoms with Crippen LogP contribution in [-0.4, -0.2) is 33.0 Å². The van der Waals surface area contributed by atoms with Crippen molar-refractivity contribution in [2.45, 2.75) is 92.0 Å². The van der Waals surface area contributed by atoms with Crippen LogP contribution in [0.4, 0.5) is 9.59 Å². The van der Waals surface area contributed by atoms with Crippen LogP contribution < -0.4 is 10.5 Å². The minimum atomic E-state index is -2.46. The first kappa shape index (κ1) is 28.6. The third-order valence-corrected chi connectivity index (χ3v) is 19.2. The lowest BCUT2D eigenvalue weighted by molar-refractivity contribution is 0.256. The van der Waals surface area contributed by atoms with E-state index in [0.717, 1.165) is 6.42 Å². The second-order valence-electron chi connectivity index (χ2n) is 13.2. The van der Waals surface area contributed by atoms with Crippen LogP contribution in [0.3, 0.4) is 0 Å². The summed E-state index contributed by atoms with van der Waals surface area (Å²) in [5.74, 6) is 1.23. The smallest absolute Gasteiger partial charge is 0.254 e. The summed E-state index contributed by atoms with van der Waals surface area (Å²) >= 11 is 0. The molecule has 0 aromatic heterocycles. The van der Waals surface area contributed by atoms with Crippen LogP contribution in [-0.2, 0) is 0 Å². The third kappa shape index (κ3) is 4.88. The Bertz CT molecular complexity index is 1270. The summed E-state index contributed by atoms with van der Waals surface area (Å²) in [4.78, 5) is 26.3. The van der Waals surface area contributed by atoms with Gasteiger partial charge in [0.05, 0.1) is 6.04 Å². The molecule has 2 N–H and O–H groups in total. The average Bonchev–Trinajstić information content (AvgIpc) is 3.24. The van der Waals surface area contributed by atoms with E-state index in [2.05, 4.69) is 121 Å². The SMILES string of the molecule is CCC(C)C1=Cc2cccc(-c3cc(C(C)C)cc(C(C)C)c3)c2C1NC(=O)[Si](C)(C)B1NC(=O)[Si]1(C)C. The number of hydrogen-bond donors (Lipinski definition) is 2. The quantitative estimate of drug-likeness (QED) is 0.329. The van der Waals surface area contributed by atoms with Gasteiger partial charge in [0.25, 0.3) is 6.03 Å². The molecule has 1 heterocycles. The maximum atomic E-state index is 14.0. The van der Waals surface area contributed by atoms with E-state index >= 15 is 0 Å². The summed E-state index contributed by atoms with van der Waals surface area (Å²) in [5, 5.41) is 6.68. The third-order valence-electron chi connectivity index (χ3n) is 9.05. The van der Waals surface area contributed by atoms with E-state index in [1.807, 2.05) is 0 Å². The van der Waals surface area contributed by atoms with Gasteiger partial charge in [-0.15, -0.1) is 0 Å². The molecule has 0 spiro atoms. The van der Waals surface area contributed by atoms with Crippen molar-refractivity contribution in [3.63, 3.8) is 0 Å². The lowest BCUT2D eigenvalue weighted by atomic mass is 9.86. The van der Waals surface area contributed by atoms with Gasteiger partial charge in [0, 0.05) is 0 Å². The van der Waals surface area contributed by atoms with E-state index in [4.69, 9.17) is 0 Å². The Balaban J connectivity index is 1.80. The topological polar surface area (TPSA) is 58.2 Å². The van der Waals surface area contributed by atoms with Crippen molar-refractivity contribution in [1.29, 1.82) is 0 Å². The molecule has 7 heteroatoms. The molecule has 1 aliphatic carbocycles. The van der Waals surface area contributed by atoms with Gasteiger partial charge in [-0.2, -0.15) is 0 Å². The van der Waals surface area contributed by atoms with E-state index in [0.29, 0.717) is 17.8 Å². The summed E-state index contributed by atoms with van der Waals surface area (Å²) in [6.07, 6.45) is 3.33. The fraction of sp³-hybridized carbons (Fsp3) is 0.484. The molecule has 2 amide bonds. The van der Waals surface area contributed by atoms with E-state index in [1.165, 1.54) is 39.0 Å². The number of amides is 2. The highest BCUT2D eigenvalue weighted by molar-refractivity contribution is 7.75. The van der Waals surface area contributed by atoms with Gasteiger partial charge < -0.3 is 10.5 Å². The van der Waals surface area contributed by atoms with Gasteiger partial charge in [-0.3, -0.25) is 9.59 Å². The van der Waals surface area contributed by atoms with Crippen LogP contribution >= 0.6 is 0 Å². The fourth-order valence-corrected chi connectivity index (χ4v) is 16.6. The highest BCUT2D eigenvalue weighted by Gasteiger charge is 2.63. The number of nitrogens with one attached hydrogen (secondary N) is 2. The van der Waals surface area contributed by atoms with E-state index < -0.39 is 15.9 Å². The van der Waals surface area contributed by atoms with Crippen LogP contribution in [0.5, 0.6) is 0 Å². The van der Waals surface area contributed by atoms with Crippen LogP contribution in [0.15, 0.2) is 42.0 Å². The van der Waals surface area contributed by atoms with Crippen molar-refractivity contribution in [3.05, 3.63) is 64.2 Å². The monoisotopic (exact) mass is 544 g/mol. The molecule has 2 unspecified atom stereocenters.